The Morgan fingerprint density at radius 2 is 1.75 bits per heavy atom. The fourth-order valence-electron chi connectivity index (χ4n) is 1.54. The summed E-state index contributed by atoms with van der Waals surface area (Å²) >= 11 is 0. The fraction of sp³-hybridized carbons (Fsp3) is 0.429. The average molecular weight is 218 g/mol. The maximum Gasteiger partial charge on any atom is 0.0424 e. The van der Waals surface area contributed by atoms with Gasteiger partial charge in [0, 0.05) is 31.5 Å². The maximum absolute atomic E-state index is 2.27. The number of hydrogen-bond acceptors (Lipinski definition) is 2. The van der Waals surface area contributed by atoms with Crippen LogP contribution in [0, 0.1) is 0 Å². The summed E-state index contributed by atoms with van der Waals surface area (Å²) in [5, 5.41) is 0. The number of benzene rings is 1. The van der Waals surface area contributed by atoms with Crippen molar-refractivity contribution in [2.75, 3.05) is 23.9 Å². The Balaban J connectivity index is 2.94. The molecule has 0 aliphatic rings. The van der Waals surface area contributed by atoms with Crippen LogP contribution in [0.4, 0.5) is 11.4 Å². The van der Waals surface area contributed by atoms with Crippen molar-refractivity contribution >= 4 is 11.4 Å². The van der Waals surface area contributed by atoms with Gasteiger partial charge in [0.2, 0.25) is 0 Å². The van der Waals surface area contributed by atoms with Crippen LogP contribution in [-0.4, -0.2) is 20.1 Å². The Bertz CT molecular complexity index is 356. The number of allylic oxidation sites excluding steroid dienone is 1. The molecule has 0 aliphatic heterocycles. The second-order valence-electron chi connectivity index (χ2n) is 4.32. The lowest BCUT2D eigenvalue weighted by atomic mass is 10.2. The molecular weight excluding hydrogens is 196 g/mol. The first kappa shape index (κ1) is 12.6. The number of anilines is 2. The number of hydrogen-bond donors (Lipinski definition) is 0. The van der Waals surface area contributed by atoms with Crippen molar-refractivity contribution in [3.63, 3.8) is 0 Å². The summed E-state index contributed by atoms with van der Waals surface area (Å²) in [6.07, 6.45) is 4.10. The van der Waals surface area contributed by atoms with Gasteiger partial charge in [-0.05, 0) is 45.2 Å². The van der Waals surface area contributed by atoms with Crippen molar-refractivity contribution in [1.29, 1.82) is 0 Å². The summed E-state index contributed by atoms with van der Waals surface area (Å²) in [4.78, 5) is 4.39. The fourth-order valence-corrected chi connectivity index (χ4v) is 1.54. The minimum Gasteiger partial charge on any atom is -0.372 e. The van der Waals surface area contributed by atoms with Gasteiger partial charge >= 0.3 is 0 Å². The molecule has 1 aromatic carbocycles. The molecule has 0 saturated carbocycles. The highest BCUT2D eigenvalue weighted by Gasteiger charge is 2.06. The normalized spacial score (nSPS) is 11.1. The highest BCUT2D eigenvalue weighted by molar-refractivity contribution is 5.60. The van der Waals surface area contributed by atoms with Gasteiger partial charge in [-0.2, -0.15) is 0 Å². The van der Waals surface area contributed by atoms with Crippen molar-refractivity contribution in [3.8, 4) is 0 Å². The molecule has 0 aliphatic carbocycles. The monoisotopic (exact) mass is 218 g/mol. The molecule has 0 radical (unpaired) electrons. The summed E-state index contributed by atoms with van der Waals surface area (Å²) in [6.45, 7) is 6.42. The molecule has 0 fully saturated rings. The van der Waals surface area contributed by atoms with E-state index in [0.717, 1.165) is 0 Å². The van der Waals surface area contributed by atoms with Crippen LogP contribution in [0.25, 0.3) is 0 Å². The second kappa shape index (κ2) is 5.59. The third kappa shape index (κ3) is 3.02. The highest BCUT2D eigenvalue weighted by atomic mass is 15.1. The quantitative estimate of drug-likeness (QED) is 0.763. The van der Waals surface area contributed by atoms with Gasteiger partial charge in [-0.15, -0.1) is 0 Å². The van der Waals surface area contributed by atoms with E-state index in [0.29, 0.717) is 6.04 Å². The zero-order valence-electron chi connectivity index (χ0n) is 10.9. The van der Waals surface area contributed by atoms with E-state index in [2.05, 4.69) is 68.2 Å². The third-order valence-corrected chi connectivity index (χ3v) is 2.79. The lowest BCUT2D eigenvalue weighted by Crippen LogP contribution is -2.25. The van der Waals surface area contributed by atoms with Gasteiger partial charge in [-0.3, -0.25) is 0 Å². The molecule has 0 amide bonds. The molecule has 0 spiro atoms. The summed E-state index contributed by atoms with van der Waals surface area (Å²) < 4.78 is 0. The molecular formula is C14H22N2. The van der Waals surface area contributed by atoms with Crippen LogP contribution in [0.15, 0.2) is 36.5 Å². The van der Waals surface area contributed by atoms with Gasteiger partial charge in [0.05, 0.1) is 0 Å². The van der Waals surface area contributed by atoms with Crippen molar-refractivity contribution in [2.24, 2.45) is 0 Å². The lowest BCUT2D eigenvalue weighted by molar-refractivity contribution is 0.755. The third-order valence-electron chi connectivity index (χ3n) is 2.79. The average Bonchev–Trinajstić information content (AvgIpc) is 2.28. The van der Waals surface area contributed by atoms with Crippen LogP contribution in [0.5, 0.6) is 0 Å². The number of rotatable bonds is 4. The van der Waals surface area contributed by atoms with Gasteiger partial charge in [0.15, 0.2) is 0 Å². The summed E-state index contributed by atoms with van der Waals surface area (Å²) in [5.74, 6) is 0. The van der Waals surface area contributed by atoms with E-state index in [4.69, 9.17) is 0 Å². The summed E-state index contributed by atoms with van der Waals surface area (Å²) in [6, 6.07) is 9.09. The van der Waals surface area contributed by atoms with E-state index in [9.17, 15) is 0 Å². The Labute approximate surface area is 99.2 Å². The van der Waals surface area contributed by atoms with E-state index in [-0.39, 0.29) is 0 Å². The molecule has 0 bridgehead atoms. The Morgan fingerprint density at radius 1 is 1.12 bits per heavy atom. The molecule has 16 heavy (non-hydrogen) atoms. The van der Waals surface area contributed by atoms with Crippen LogP contribution >= 0.6 is 0 Å². The molecule has 0 aromatic heterocycles. The first-order valence-electron chi connectivity index (χ1n) is 5.74. The molecule has 0 unspecified atom stereocenters. The zero-order chi connectivity index (χ0) is 12.1. The minimum absolute atomic E-state index is 0.516. The summed E-state index contributed by atoms with van der Waals surface area (Å²) in [5.41, 5.74) is 2.46. The topological polar surface area (TPSA) is 6.48 Å². The Morgan fingerprint density at radius 3 is 2.31 bits per heavy atom. The van der Waals surface area contributed by atoms with Crippen LogP contribution in [0.1, 0.15) is 20.8 Å². The standard InChI is InChI=1S/C14H22N2/c1-6-10-15(4)13-8-7-9-14(11-13)16(5)12(2)3/h6-12H,1-5H3/b10-6+. The lowest BCUT2D eigenvalue weighted by Gasteiger charge is -2.25. The highest BCUT2D eigenvalue weighted by Crippen LogP contribution is 2.22. The molecule has 1 rings (SSSR count). The van der Waals surface area contributed by atoms with E-state index in [1.165, 1.54) is 11.4 Å². The Kier molecular flexibility index (Phi) is 4.41. The molecule has 0 N–H and O–H groups in total. The number of nitrogens with zero attached hydrogens (tertiary/aromatic N) is 2. The predicted octanol–water partition coefficient (Wildman–Crippen LogP) is 3.50. The second-order valence-corrected chi connectivity index (χ2v) is 4.32. The van der Waals surface area contributed by atoms with Crippen LogP contribution in [0.3, 0.4) is 0 Å². The SMILES string of the molecule is C/C=C/N(C)c1cccc(N(C)C(C)C)c1. The minimum atomic E-state index is 0.516. The van der Waals surface area contributed by atoms with E-state index in [1.807, 2.05) is 13.0 Å². The molecule has 2 heteroatoms. The Hall–Kier alpha value is -1.44. The molecule has 88 valence electrons. The smallest absolute Gasteiger partial charge is 0.0424 e. The molecule has 0 saturated heterocycles. The molecule has 1 aromatic rings. The molecule has 2 nitrogen and oxygen atoms in total. The van der Waals surface area contributed by atoms with Crippen molar-refractivity contribution < 1.29 is 0 Å². The van der Waals surface area contributed by atoms with E-state index < -0.39 is 0 Å². The van der Waals surface area contributed by atoms with Crippen LogP contribution < -0.4 is 9.80 Å². The van der Waals surface area contributed by atoms with Crippen molar-refractivity contribution in [1.82, 2.24) is 0 Å². The van der Waals surface area contributed by atoms with Gasteiger partial charge < -0.3 is 9.80 Å². The van der Waals surface area contributed by atoms with Crippen LogP contribution in [-0.2, 0) is 0 Å². The van der Waals surface area contributed by atoms with Gasteiger partial charge in [-0.1, -0.05) is 12.1 Å². The predicted molar refractivity (Wildman–Crippen MR) is 73.2 cm³/mol. The van der Waals surface area contributed by atoms with Gasteiger partial charge in [-0.25, -0.2) is 0 Å². The van der Waals surface area contributed by atoms with Gasteiger partial charge in [0.25, 0.3) is 0 Å². The van der Waals surface area contributed by atoms with Gasteiger partial charge in [0.1, 0.15) is 0 Å². The van der Waals surface area contributed by atoms with Crippen LogP contribution in [0.2, 0.25) is 0 Å². The molecule has 0 atom stereocenters. The summed E-state index contributed by atoms with van der Waals surface area (Å²) in [7, 11) is 4.19. The first-order valence-corrected chi connectivity index (χ1v) is 5.74. The molecule has 0 heterocycles. The van der Waals surface area contributed by atoms with E-state index in [1.54, 1.807) is 0 Å². The van der Waals surface area contributed by atoms with Crippen molar-refractivity contribution in [3.05, 3.63) is 36.5 Å². The maximum atomic E-state index is 2.27. The first-order chi connectivity index (χ1) is 7.56. The largest absolute Gasteiger partial charge is 0.372 e. The zero-order valence-corrected chi connectivity index (χ0v) is 10.9. The van der Waals surface area contributed by atoms with Crippen molar-refractivity contribution in [2.45, 2.75) is 26.8 Å². The van der Waals surface area contributed by atoms with E-state index >= 15 is 0 Å².